The molecule has 0 spiro atoms. The number of ether oxygens (including phenoxy) is 1. The van der Waals surface area contributed by atoms with Crippen molar-refractivity contribution in [2.45, 2.75) is 19.9 Å². The fourth-order valence-corrected chi connectivity index (χ4v) is 3.05. The predicted molar refractivity (Wildman–Crippen MR) is 97.0 cm³/mol. The second-order valence-corrected chi connectivity index (χ2v) is 6.01. The number of carbonyl (C=O) groups excluding carboxylic acids is 1. The molecule has 1 fully saturated rings. The Hall–Kier alpha value is -2.12. The number of piperazine rings is 1. The summed E-state index contributed by atoms with van der Waals surface area (Å²) >= 11 is 0. The quantitative estimate of drug-likeness (QED) is 0.886. The van der Waals surface area contributed by atoms with E-state index in [1.165, 1.54) is 0 Å². The van der Waals surface area contributed by atoms with Gasteiger partial charge in [0.05, 0.1) is 11.7 Å². The largest absolute Gasteiger partial charge is 0.480 e. The third kappa shape index (κ3) is 4.11. The molecule has 1 aliphatic heterocycles. The van der Waals surface area contributed by atoms with E-state index in [1.807, 2.05) is 44.1 Å². The van der Waals surface area contributed by atoms with E-state index in [2.05, 4.69) is 15.4 Å². The van der Waals surface area contributed by atoms with E-state index in [0.717, 1.165) is 30.0 Å². The summed E-state index contributed by atoms with van der Waals surface area (Å²) in [6.07, 6.45) is 3.55. The molecule has 136 valence electrons. The predicted octanol–water partition coefficient (Wildman–Crippen LogP) is 1.41. The van der Waals surface area contributed by atoms with Crippen LogP contribution in [0.5, 0.6) is 5.75 Å². The van der Waals surface area contributed by atoms with E-state index < -0.39 is 0 Å². The van der Waals surface area contributed by atoms with Crippen LogP contribution in [0.15, 0.2) is 24.5 Å². The lowest BCUT2D eigenvalue weighted by Crippen LogP contribution is -2.50. The average molecular weight is 366 g/mol. The molecule has 1 saturated heterocycles. The van der Waals surface area contributed by atoms with Gasteiger partial charge in [0.25, 0.3) is 5.91 Å². The SMILES string of the molecule is Cc1nn(C)c(C)c1OCC(=O)N1CCNCC1c1cccnc1.Cl. The molecule has 7 nitrogen and oxygen atoms in total. The molecule has 2 aromatic rings. The van der Waals surface area contributed by atoms with Crippen LogP contribution in [0.2, 0.25) is 0 Å². The summed E-state index contributed by atoms with van der Waals surface area (Å²) in [7, 11) is 1.87. The summed E-state index contributed by atoms with van der Waals surface area (Å²) in [5.41, 5.74) is 2.75. The first-order chi connectivity index (χ1) is 11.6. The Kier molecular flexibility index (Phi) is 6.39. The number of halogens is 1. The molecule has 0 bridgehead atoms. The first-order valence-electron chi connectivity index (χ1n) is 8.11. The number of pyridine rings is 1. The Morgan fingerprint density at radius 2 is 2.24 bits per heavy atom. The van der Waals surface area contributed by atoms with Crippen molar-refractivity contribution < 1.29 is 9.53 Å². The van der Waals surface area contributed by atoms with E-state index in [4.69, 9.17) is 4.74 Å². The summed E-state index contributed by atoms with van der Waals surface area (Å²) < 4.78 is 7.54. The molecule has 25 heavy (non-hydrogen) atoms. The zero-order valence-corrected chi connectivity index (χ0v) is 15.5. The minimum atomic E-state index is -0.0204. The molecule has 3 heterocycles. The number of amides is 1. The van der Waals surface area contributed by atoms with E-state index in [-0.39, 0.29) is 31.0 Å². The monoisotopic (exact) mass is 365 g/mol. The zero-order valence-electron chi connectivity index (χ0n) is 14.7. The van der Waals surface area contributed by atoms with Gasteiger partial charge in [-0.1, -0.05) is 6.07 Å². The molecular weight excluding hydrogens is 342 g/mol. The average Bonchev–Trinajstić information content (AvgIpc) is 2.85. The van der Waals surface area contributed by atoms with Gasteiger partial charge in [0, 0.05) is 39.1 Å². The topological polar surface area (TPSA) is 72.3 Å². The van der Waals surface area contributed by atoms with Gasteiger partial charge in [-0.2, -0.15) is 5.10 Å². The Morgan fingerprint density at radius 3 is 2.88 bits per heavy atom. The van der Waals surface area contributed by atoms with Crippen molar-refractivity contribution in [1.29, 1.82) is 0 Å². The van der Waals surface area contributed by atoms with E-state index in [1.54, 1.807) is 10.9 Å². The molecule has 3 rings (SSSR count). The van der Waals surface area contributed by atoms with Gasteiger partial charge in [0.1, 0.15) is 5.69 Å². The molecular formula is C17H24ClN5O2. The number of aryl methyl sites for hydroxylation is 2. The Bertz CT molecular complexity index is 719. The lowest BCUT2D eigenvalue weighted by atomic mass is 10.1. The highest BCUT2D eigenvalue weighted by Crippen LogP contribution is 2.24. The Balaban J connectivity index is 0.00000225. The molecule has 1 atom stereocenters. The van der Waals surface area contributed by atoms with Crippen LogP contribution in [0, 0.1) is 13.8 Å². The summed E-state index contributed by atoms with van der Waals surface area (Å²) in [4.78, 5) is 18.7. The van der Waals surface area contributed by atoms with Crippen molar-refractivity contribution in [3.8, 4) is 5.75 Å². The first kappa shape index (κ1) is 19.2. The maximum Gasteiger partial charge on any atom is 0.261 e. The van der Waals surface area contributed by atoms with Crippen LogP contribution in [0.1, 0.15) is 23.0 Å². The van der Waals surface area contributed by atoms with Crippen LogP contribution in [0.4, 0.5) is 0 Å². The van der Waals surface area contributed by atoms with Crippen molar-refractivity contribution in [2.24, 2.45) is 7.05 Å². The first-order valence-corrected chi connectivity index (χ1v) is 8.11. The molecule has 1 aliphatic rings. The molecule has 0 aliphatic carbocycles. The van der Waals surface area contributed by atoms with Crippen LogP contribution < -0.4 is 10.1 Å². The smallest absolute Gasteiger partial charge is 0.261 e. The molecule has 0 saturated carbocycles. The summed E-state index contributed by atoms with van der Waals surface area (Å²) in [6.45, 7) is 6.01. The molecule has 1 amide bonds. The van der Waals surface area contributed by atoms with Crippen molar-refractivity contribution in [1.82, 2.24) is 25.0 Å². The fraction of sp³-hybridized carbons (Fsp3) is 0.471. The highest BCUT2D eigenvalue weighted by molar-refractivity contribution is 5.85. The standard InChI is InChI=1S/C17H23N5O2.ClH/c1-12-17(13(2)21(3)20-12)24-11-16(23)22-8-7-19-10-15(22)14-5-4-6-18-9-14;/h4-6,9,15,19H,7-8,10-11H2,1-3H3;1H. The van der Waals surface area contributed by atoms with E-state index >= 15 is 0 Å². The van der Waals surface area contributed by atoms with Crippen LogP contribution in [-0.2, 0) is 11.8 Å². The minimum Gasteiger partial charge on any atom is -0.480 e. The maximum absolute atomic E-state index is 12.7. The number of rotatable bonds is 4. The van der Waals surface area contributed by atoms with Gasteiger partial charge >= 0.3 is 0 Å². The van der Waals surface area contributed by atoms with Crippen molar-refractivity contribution >= 4 is 18.3 Å². The van der Waals surface area contributed by atoms with Crippen LogP contribution in [-0.4, -0.2) is 51.8 Å². The summed E-state index contributed by atoms with van der Waals surface area (Å²) in [5.74, 6) is 0.673. The highest BCUT2D eigenvalue weighted by atomic mass is 35.5. The van der Waals surface area contributed by atoms with Gasteiger partial charge in [-0.25, -0.2) is 0 Å². The summed E-state index contributed by atoms with van der Waals surface area (Å²) in [6, 6.07) is 3.88. The van der Waals surface area contributed by atoms with Gasteiger partial charge < -0.3 is 15.0 Å². The molecule has 0 aromatic carbocycles. The zero-order chi connectivity index (χ0) is 17.1. The van der Waals surface area contributed by atoms with E-state index in [9.17, 15) is 4.79 Å². The van der Waals surface area contributed by atoms with Crippen LogP contribution >= 0.6 is 12.4 Å². The normalized spacial score (nSPS) is 17.1. The summed E-state index contributed by atoms with van der Waals surface area (Å²) in [5, 5.41) is 7.65. The third-order valence-electron chi connectivity index (χ3n) is 4.42. The van der Waals surface area contributed by atoms with Gasteiger partial charge in [0.2, 0.25) is 0 Å². The van der Waals surface area contributed by atoms with Gasteiger partial charge in [-0.3, -0.25) is 14.5 Å². The molecule has 8 heteroatoms. The number of nitrogens with one attached hydrogen (secondary N) is 1. The van der Waals surface area contributed by atoms with Crippen LogP contribution in [0.25, 0.3) is 0 Å². The second-order valence-electron chi connectivity index (χ2n) is 6.01. The maximum atomic E-state index is 12.7. The Morgan fingerprint density at radius 1 is 1.44 bits per heavy atom. The highest BCUT2D eigenvalue weighted by Gasteiger charge is 2.28. The number of hydrogen-bond acceptors (Lipinski definition) is 5. The molecule has 1 N–H and O–H groups in total. The second kappa shape index (κ2) is 8.31. The number of aromatic nitrogens is 3. The molecule has 1 unspecified atom stereocenters. The number of carbonyl (C=O) groups is 1. The van der Waals surface area contributed by atoms with E-state index in [0.29, 0.717) is 12.3 Å². The fourth-order valence-electron chi connectivity index (χ4n) is 3.05. The molecule has 2 aromatic heterocycles. The number of nitrogens with zero attached hydrogens (tertiary/aromatic N) is 4. The van der Waals surface area contributed by atoms with Crippen molar-refractivity contribution in [3.63, 3.8) is 0 Å². The third-order valence-corrected chi connectivity index (χ3v) is 4.42. The van der Waals surface area contributed by atoms with Gasteiger partial charge in [-0.05, 0) is 25.5 Å². The lowest BCUT2D eigenvalue weighted by Gasteiger charge is -2.36. The van der Waals surface area contributed by atoms with Crippen molar-refractivity contribution in [3.05, 3.63) is 41.5 Å². The van der Waals surface area contributed by atoms with Gasteiger partial charge in [-0.15, -0.1) is 12.4 Å². The van der Waals surface area contributed by atoms with Gasteiger partial charge in [0.15, 0.2) is 12.4 Å². The molecule has 0 radical (unpaired) electrons. The van der Waals surface area contributed by atoms with Crippen molar-refractivity contribution in [2.75, 3.05) is 26.2 Å². The Labute approximate surface area is 153 Å². The lowest BCUT2D eigenvalue weighted by molar-refractivity contribution is -0.136. The minimum absolute atomic E-state index is 0. The number of hydrogen-bond donors (Lipinski definition) is 1. The van der Waals surface area contributed by atoms with Crippen LogP contribution in [0.3, 0.4) is 0 Å².